The molecule has 4 rings (SSSR count). The van der Waals surface area contributed by atoms with Crippen molar-refractivity contribution in [1.29, 1.82) is 0 Å². The second kappa shape index (κ2) is 8.97. The Labute approximate surface area is 190 Å². The molecular weight excluding hydrogens is 426 g/mol. The van der Waals surface area contributed by atoms with Gasteiger partial charge < -0.3 is 23.5 Å². The van der Waals surface area contributed by atoms with Crippen molar-refractivity contribution in [3.05, 3.63) is 68.6 Å². The third kappa shape index (κ3) is 4.04. The molecule has 8 heteroatoms. The third-order valence-electron chi connectivity index (χ3n) is 5.79. The normalized spacial score (nSPS) is 12.8. The maximum atomic E-state index is 12.4. The van der Waals surface area contributed by atoms with Gasteiger partial charge in [-0.3, -0.25) is 0 Å². The quantitative estimate of drug-likeness (QED) is 0.425. The molecule has 172 valence electrons. The summed E-state index contributed by atoms with van der Waals surface area (Å²) in [4.78, 5) is 38.4. The van der Waals surface area contributed by atoms with Crippen molar-refractivity contribution in [2.45, 2.75) is 33.2 Å². The smallest absolute Gasteiger partial charge is 0.339 e. The molecule has 0 bridgehead atoms. The number of fused-ring (bicyclic) bond motifs is 2. The van der Waals surface area contributed by atoms with Gasteiger partial charge in [-0.2, -0.15) is 0 Å². The number of esters is 2. The lowest BCUT2D eigenvalue weighted by Crippen LogP contribution is -2.33. The Balaban J connectivity index is 1.83. The minimum Gasteiger partial charge on any atom is -0.472 e. The minimum atomic E-state index is -0.520. The predicted octanol–water partition coefficient (Wildman–Crippen LogP) is 3.98. The second-order valence-electron chi connectivity index (χ2n) is 7.89. The summed E-state index contributed by atoms with van der Waals surface area (Å²) in [5.74, 6) is -0.375. The highest BCUT2D eigenvalue weighted by Crippen LogP contribution is 2.38. The number of rotatable bonds is 5. The van der Waals surface area contributed by atoms with Crippen molar-refractivity contribution in [3.8, 4) is 5.75 Å². The van der Waals surface area contributed by atoms with Gasteiger partial charge in [-0.1, -0.05) is 13.3 Å². The van der Waals surface area contributed by atoms with Gasteiger partial charge in [-0.25, -0.2) is 14.4 Å². The van der Waals surface area contributed by atoms with Crippen LogP contribution in [0.25, 0.3) is 11.0 Å². The Morgan fingerprint density at radius 2 is 1.85 bits per heavy atom. The van der Waals surface area contributed by atoms with Crippen molar-refractivity contribution in [2.24, 2.45) is 0 Å². The van der Waals surface area contributed by atoms with Crippen LogP contribution in [0.15, 0.2) is 39.5 Å². The SMILES string of the molecule is CCCc1cc(=O)oc2c(C)c3c(cc12)CN(c1cc(C(=O)OC)ccc1C(=O)OC)CO3. The third-order valence-corrected chi connectivity index (χ3v) is 5.79. The largest absolute Gasteiger partial charge is 0.472 e. The summed E-state index contributed by atoms with van der Waals surface area (Å²) in [5, 5.41) is 0.870. The Kier molecular flexibility index (Phi) is 6.09. The fourth-order valence-corrected chi connectivity index (χ4v) is 4.24. The van der Waals surface area contributed by atoms with Gasteiger partial charge in [-0.15, -0.1) is 0 Å². The molecule has 33 heavy (non-hydrogen) atoms. The number of carbonyl (C=O) groups excluding carboxylic acids is 2. The summed E-state index contributed by atoms with van der Waals surface area (Å²) >= 11 is 0. The number of anilines is 1. The highest BCUT2D eigenvalue weighted by atomic mass is 16.5. The maximum Gasteiger partial charge on any atom is 0.339 e. The number of aryl methyl sites for hydroxylation is 2. The van der Waals surface area contributed by atoms with Crippen molar-refractivity contribution in [1.82, 2.24) is 0 Å². The first-order chi connectivity index (χ1) is 15.9. The molecule has 1 aromatic heterocycles. The van der Waals surface area contributed by atoms with Crippen molar-refractivity contribution in [2.75, 3.05) is 25.9 Å². The van der Waals surface area contributed by atoms with Gasteiger partial charge in [0.15, 0.2) is 6.73 Å². The Morgan fingerprint density at radius 1 is 1.09 bits per heavy atom. The van der Waals surface area contributed by atoms with Gasteiger partial charge in [0, 0.05) is 29.1 Å². The summed E-state index contributed by atoms with van der Waals surface area (Å²) < 4.78 is 21.3. The Hall–Kier alpha value is -3.81. The zero-order valence-electron chi connectivity index (χ0n) is 19.0. The number of methoxy groups -OCH3 is 2. The van der Waals surface area contributed by atoms with Gasteiger partial charge in [0.2, 0.25) is 0 Å². The average Bonchev–Trinajstić information content (AvgIpc) is 2.83. The zero-order valence-corrected chi connectivity index (χ0v) is 19.0. The van der Waals surface area contributed by atoms with Crippen LogP contribution in [0.1, 0.15) is 50.8 Å². The molecule has 3 aromatic rings. The molecule has 0 saturated carbocycles. The van der Waals surface area contributed by atoms with E-state index >= 15 is 0 Å². The number of benzene rings is 2. The van der Waals surface area contributed by atoms with E-state index in [1.807, 2.05) is 17.9 Å². The lowest BCUT2D eigenvalue weighted by molar-refractivity contribution is 0.0587. The van der Waals surface area contributed by atoms with Crippen LogP contribution in [-0.4, -0.2) is 32.9 Å². The van der Waals surface area contributed by atoms with Crippen LogP contribution in [0.3, 0.4) is 0 Å². The predicted molar refractivity (Wildman–Crippen MR) is 122 cm³/mol. The fraction of sp³-hybridized carbons (Fsp3) is 0.320. The average molecular weight is 451 g/mol. The molecule has 0 atom stereocenters. The van der Waals surface area contributed by atoms with E-state index in [0.717, 1.165) is 34.9 Å². The lowest BCUT2D eigenvalue weighted by atomic mass is 9.98. The first-order valence-electron chi connectivity index (χ1n) is 10.7. The fourth-order valence-electron chi connectivity index (χ4n) is 4.24. The van der Waals surface area contributed by atoms with Crippen molar-refractivity contribution >= 4 is 28.6 Å². The first-order valence-corrected chi connectivity index (χ1v) is 10.7. The van der Waals surface area contributed by atoms with Crippen LogP contribution < -0.4 is 15.3 Å². The summed E-state index contributed by atoms with van der Waals surface area (Å²) in [7, 11) is 2.61. The standard InChI is InChI=1S/C25H25NO7/c1-5-6-15-11-21(27)33-23-14(2)22-17(9-19(15)23)12-26(13-32-22)20-10-16(24(28)30-3)7-8-18(20)25(29)31-4/h7-11H,5-6,12-13H2,1-4H3. The van der Waals surface area contributed by atoms with Crippen molar-refractivity contribution < 1.29 is 28.2 Å². The molecule has 0 N–H and O–H groups in total. The summed E-state index contributed by atoms with van der Waals surface area (Å²) in [6, 6.07) is 8.18. The molecule has 2 heterocycles. The molecular formula is C25H25NO7. The molecule has 0 saturated heterocycles. The van der Waals surface area contributed by atoms with E-state index in [2.05, 4.69) is 6.92 Å². The van der Waals surface area contributed by atoms with Gasteiger partial charge >= 0.3 is 17.6 Å². The Morgan fingerprint density at radius 3 is 2.55 bits per heavy atom. The van der Waals surface area contributed by atoms with E-state index in [-0.39, 0.29) is 12.4 Å². The summed E-state index contributed by atoms with van der Waals surface area (Å²) in [6.07, 6.45) is 1.64. The molecule has 0 amide bonds. The van der Waals surface area contributed by atoms with Crippen LogP contribution in [0.2, 0.25) is 0 Å². The molecule has 0 spiro atoms. The van der Waals surface area contributed by atoms with Crippen molar-refractivity contribution in [3.63, 3.8) is 0 Å². The van der Waals surface area contributed by atoms with Crippen LogP contribution in [0.4, 0.5) is 5.69 Å². The van der Waals surface area contributed by atoms with E-state index in [9.17, 15) is 14.4 Å². The zero-order chi connectivity index (χ0) is 23.7. The number of hydrogen-bond acceptors (Lipinski definition) is 8. The maximum absolute atomic E-state index is 12.4. The first kappa shape index (κ1) is 22.4. The molecule has 0 fully saturated rings. The van der Waals surface area contributed by atoms with Crippen LogP contribution in [0, 0.1) is 6.92 Å². The van der Waals surface area contributed by atoms with Gasteiger partial charge in [0.05, 0.1) is 31.0 Å². The van der Waals surface area contributed by atoms with E-state index in [1.165, 1.54) is 26.4 Å². The molecule has 0 aliphatic carbocycles. The topological polar surface area (TPSA) is 95.3 Å². The van der Waals surface area contributed by atoms with Gasteiger partial charge in [0.1, 0.15) is 11.3 Å². The van der Waals surface area contributed by atoms with Gasteiger partial charge in [-0.05, 0) is 43.2 Å². The van der Waals surface area contributed by atoms with E-state index in [0.29, 0.717) is 34.7 Å². The van der Waals surface area contributed by atoms with E-state index < -0.39 is 11.9 Å². The summed E-state index contributed by atoms with van der Waals surface area (Å²) in [5.41, 5.74) is 3.84. The van der Waals surface area contributed by atoms with Crippen LogP contribution in [0.5, 0.6) is 5.75 Å². The molecule has 1 aliphatic heterocycles. The molecule has 1 aliphatic rings. The van der Waals surface area contributed by atoms with E-state index in [1.54, 1.807) is 12.1 Å². The number of hydrogen-bond donors (Lipinski definition) is 0. The molecule has 2 aromatic carbocycles. The Bertz CT molecular complexity index is 1310. The number of nitrogens with zero attached hydrogens (tertiary/aromatic N) is 1. The van der Waals surface area contributed by atoms with Gasteiger partial charge in [0.25, 0.3) is 0 Å². The highest BCUT2D eigenvalue weighted by Gasteiger charge is 2.27. The molecule has 8 nitrogen and oxygen atoms in total. The van der Waals surface area contributed by atoms with E-state index in [4.69, 9.17) is 18.6 Å². The monoisotopic (exact) mass is 451 g/mol. The lowest BCUT2D eigenvalue weighted by Gasteiger charge is -2.33. The summed E-state index contributed by atoms with van der Waals surface area (Å²) in [6.45, 7) is 4.48. The minimum absolute atomic E-state index is 0.132. The number of carbonyl (C=O) groups is 2. The second-order valence-corrected chi connectivity index (χ2v) is 7.89. The molecule has 0 radical (unpaired) electrons. The highest BCUT2D eigenvalue weighted by molar-refractivity contribution is 5.99. The van der Waals surface area contributed by atoms with Crippen LogP contribution in [-0.2, 0) is 22.4 Å². The number of ether oxygens (including phenoxy) is 3. The molecule has 0 unspecified atom stereocenters. The van der Waals surface area contributed by atoms with Crippen LogP contribution >= 0.6 is 0 Å².